The first-order valence-electron chi connectivity index (χ1n) is 11.6. The third-order valence-electron chi connectivity index (χ3n) is 5.59. The number of halogens is 4. The lowest BCUT2D eigenvalue weighted by molar-refractivity contribution is -0.139. The van der Waals surface area contributed by atoms with E-state index in [1.807, 2.05) is 13.8 Å². The van der Waals surface area contributed by atoms with E-state index in [1.54, 1.807) is 24.3 Å². The maximum atomic E-state index is 13.5. The lowest BCUT2D eigenvalue weighted by Gasteiger charge is -2.31. The number of alkyl halides is 3. The van der Waals surface area contributed by atoms with Gasteiger partial charge in [0.05, 0.1) is 29.6 Å². The van der Waals surface area contributed by atoms with Crippen LogP contribution in [0.1, 0.15) is 31.9 Å². The van der Waals surface area contributed by atoms with Crippen molar-refractivity contribution in [2.24, 2.45) is 5.92 Å². The number of sulfonamides is 1. The number of carbonyl (C=O) groups is 2. The number of benzene rings is 2. The van der Waals surface area contributed by atoms with Gasteiger partial charge in [-0.3, -0.25) is 13.9 Å². The molecule has 38 heavy (non-hydrogen) atoms. The van der Waals surface area contributed by atoms with Gasteiger partial charge in [0.15, 0.2) is 0 Å². The van der Waals surface area contributed by atoms with Gasteiger partial charge in [-0.25, -0.2) is 8.42 Å². The molecule has 0 saturated carbocycles. The zero-order valence-corrected chi connectivity index (χ0v) is 23.2. The molecule has 0 aliphatic carbocycles. The third kappa shape index (κ3) is 8.52. The Kier molecular flexibility index (Phi) is 10.4. The van der Waals surface area contributed by atoms with E-state index in [-0.39, 0.29) is 18.2 Å². The first-order valence-corrected chi connectivity index (χ1v) is 13.8. The molecule has 0 unspecified atom stereocenters. The Balaban J connectivity index is 2.45. The number of nitrogens with zero attached hydrogens (tertiary/aromatic N) is 2. The Morgan fingerprint density at radius 1 is 1.08 bits per heavy atom. The second-order valence-electron chi connectivity index (χ2n) is 9.12. The zero-order chi connectivity index (χ0) is 28.8. The van der Waals surface area contributed by atoms with Crippen molar-refractivity contribution in [3.05, 3.63) is 58.6 Å². The highest BCUT2D eigenvalue weighted by Gasteiger charge is 2.35. The predicted molar refractivity (Wildman–Crippen MR) is 139 cm³/mol. The Morgan fingerprint density at radius 2 is 1.68 bits per heavy atom. The van der Waals surface area contributed by atoms with Gasteiger partial charge in [-0.1, -0.05) is 37.6 Å². The number of amides is 2. The summed E-state index contributed by atoms with van der Waals surface area (Å²) in [5.74, 6) is -0.537. The fourth-order valence-electron chi connectivity index (χ4n) is 3.46. The van der Waals surface area contributed by atoms with Crippen LogP contribution in [0.5, 0.6) is 5.75 Å². The number of nitrogens with one attached hydrogen (secondary N) is 1. The fourth-order valence-corrected chi connectivity index (χ4v) is 4.53. The van der Waals surface area contributed by atoms with Crippen molar-refractivity contribution < 1.29 is 35.9 Å². The van der Waals surface area contributed by atoms with Gasteiger partial charge in [0.1, 0.15) is 18.3 Å². The Bertz CT molecular complexity index is 1240. The van der Waals surface area contributed by atoms with Crippen molar-refractivity contribution >= 4 is 39.1 Å². The summed E-state index contributed by atoms with van der Waals surface area (Å²) in [6.07, 6.45) is -4.07. The second kappa shape index (κ2) is 12.7. The van der Waals surface area contributed by atoms with E-state index in [4.69, 9.17) is 16.3 Å². The summed E-state index contributed by atoms with van der Waals surface area (Å²) >= 11 is 5.68. The zero-order valence-electron chi connectivity index (χ0n) is 21.7. The molecule has 0 aliphatic heterocycles. The van der Waals surface area contributed by atoms with E-state index in [1.165, 1.54) is 18.9 Å². The Labute approximate surface area is 225 Å². The van der Waals surface area contributed by atoms with Crippen LogP contribution in [-0.4, -0.2) is 57.6 Å². The average Bonchev–Trinajstić information content (AvgIpc) is 2.83. The van der Waals surface area contributed by atoms with E-state index in [0.717, 1.165) is 18.4 Å². The van der Waals surface area contributed by atoms with Crippen molar-refractivity contribution in [1.29, 1.82) is 0 Å². The van der Waals surface area contributed by atoms with E-state index in [0.29, 0.717) is 28.2 Å². The highest BCUT2D eigenvalue weighted by molar-refractivity contribution is 7.92. The lowest BCUT2D eigenvalue weighted by Crippen LogP contribution is -2.51. The van der Waals surface area contributed by atoms with Gasteiger partial charge in [-0.15, -0.1) is 0 Å². The summed E-state index contributed by atoms with van der Waals surface area (Å²) in [5.41, 5.74) is -1.01. The minimum Gasteiger partial charge on any atom is -0.497 e. The first kappa shape index (κ1) is 31.2. The number of anilines is 1. The van der Waals surface area contributed by atoms with Crippen LogP contribution in [0, 0.1) is 5.92 Å². The van der Waals surface area contributed by atoms with Crippen LogP contribution in [0.15, 0.2) is 42.5 Å². The average molecular weight is 578 g/mol. The number of hydrogen-bond acceptors (Lipinski definition) is 5. The molecule has 1 N–H and O–H groups in total. The molecule has 0 heterocycles. The molecule has 0 spiro atoms. The normalized spacial score (nSPS) is 12.7. The summed E-state index contributed by atoms with van der Waals surface area (Å²) in [4.78, 5) is 27.5. The fraction of sp³-hybridized carbons (Fsp3) is 0.440. The number of carbonyl (C=O) groups excluding carboxylic acids is 2. The summed E-state index contributed by atoms with van der Waals surface area (Å²) in [6, 6.07) is 8.25. The molecule has 2 rings (SSSR count). The highest BCUT2D eigenvalue weighted by Crippen LogP contribution is 2.37. The molecule has 2 amide bonds. The second-order valence-corrected chi connectivity index (χ2v) is 11.4. The number of methoxy groups -OCH3 is 1. The molecule has 0 aromatic heterocycles. The highest BCUT2D eigenvalue weighted by atomic mass is 35.5. The lowest BCUT2D eigenvalue weighted by atomic mass is 10.1. The SMILES string of the molecule is COc1ccc(CN(C(=O)CN(c2ccc(Cl)c(C(F)(F)F)c2)S(C)(=O)=O)[C@H](C)C(=O)NCC(C)C)cc1. The van der Waals surface area contributed by atoms with Gasteiger partial charge in [0.25, 0.3) is 0 Å². The summed E-state index contributed by atoms with van der Waals surface area (Å²) in [5, 5.41) is 2.13. The standard InChI is InChI=1S/C25H31ClF3N3O5S/c1-16(2)13-30-24(34)17(3)31(14-18-6-9-20(37-4)10-7-18)23(33)15-32(38(5,35)36)19-8-11-22(26)21(12-19)25(27,28)29/h6-12,16-17H,13-15H2,1-5H3,(H,30,34)/t17-/m1/s1. The Hall–Kier alpha value is -2.99. The topological polar surface area (TPSA) is 96.0 Å². The number of ether oxygens (including phenoxy) is 1. The minimum absolute atomic E-state index is 0.0644. The molecule has 2 aromatic carbocycles. The van der Waals surface area contributed by atoms with E-state index in [2.05, 4.69) is 5.32 Å². The molecular formula is C25H31ClF3N3O5S. The van der Waals surface area contributed by atoms with Gasteiger partial charge in [0, 0.05) is 13.1 Å². The molecule has 0 saturated heterocycles. The molecule has 13 heteroatoms. The van der Waals surface area contributed by atoms with Crippen LogP contribution in [0.25, 0.3) is 0 Å². The van der Waals surface area contributed by atoms with Crippen molar-refractivity contribution in [2.45, 2.75) is 39.5 Å². The molecule has 8 nitrogen and oxygen atoms in total. The van der Waals surface area contributed by atoms with Crippen molar-refractivity contribution in [3.8, 4) is 5.75 Å². The summed E-state index contributed by atoms with van der Waals surface area (Å²) < 4.78 is 71.1. The van der Waals surface area contributed by atoms with Gasteiger partial charge in [-0.2, -0.15) is 13.2 Å². The maximum absolute atomic E-state index is 13.5. The molecule has 0 bridgehead atoms. The van der Waals surface area contributed by atoms with Crippen LogP contribution in [0.2, 0.25) is 5.02 Å². The van der Waals surface area contributed by atoms with Crippen molar-refractivity contribution in [3.63, 3.8) is 0 Å². The van der Waals surface area contributed by atoms with E-state index >= 15 is 0 Å². The van der Waals surface area contributed by atoms with Crippen LogP contribution >= 0.6 is 11.6 Å². The molecule has 0 radical (unpaired) electrons. The van der Waals surface area contributed by atoms with Crippen LogP contribution in [0.4, 0.5) is 18.9 Å². The van der Waals surface area contributed by atoms with Crippen molar-refractivity contribution in [2.75, 3.05) is 30.8 Å². The Morgan fingerprint density at radius 3 is 2.18 bits per heavy atom. The molecule has 2 aromatic rings. The molecule has 0 fully saturated rings. The van der Waals surface area contributed by atoms with Crippen LogP contribution < -0.4 is 14.4 Å². The molecular weight excluding hydrogens is 547 g/mol. The number of rotatable bonds is 11. The summed E-state index contributed by atoms with van der Waals surface area (Å²) in [6.45, 7) is 4.74. The number of hydrogen-bond donors (Lipinski definition) is 1. The predicted octanol–water partition coefficient (Wildman–Crippen LogP) is 4.32. The van der Waals surface area contributed by atoms with E-state index in [9.17, 15) is 31.2 Å². The minimum atomic E-state index is -4.84. The van der Waals surface area contributed by atoms with Crippen LogP contribution in [0.3, 0.4) is 0 Å². The summed E-state index contributed by atoms with van der Waals surface area (Å²) in [7, 11) is -2.72. The monoisotopic (exact) mass is 577 g/mol. The smallest absolute Gasteiger partial charge is 0.417 e. The first-order chi connectivity index (χ1) is 17.5. The quantitative estimate of drug-likeness (QED) is 0.429. The van der Waals surface area contributed by atoms with Crippen molar-refractivity contribution in [1.82, 2.24) is 10.2 Å². The van der Waals surface area contributed by atoms with Gasteiger partial charge in [0.2, 0.25) is 21.8 Å². The molecule has 1 atom stereocenters. The maximum Gasteiger partial charge on any atom is 0.417 e. The van der Waals surface area contributed by atoms with Crippen LogP contribution in [-0.2, 0) is 32.3 Å². The van der Waals surface area contributed by atoms with E-state index < -0.39 is 51.2 Å². The molecule has 210 valence electrons. The van der Waals surface area contributed by atoms with Gasteiger partial charge >= 0.3 is 6.18 Å². The van der Waals surface area contributed by atoms with Gasteiger partial charge in [-0.05, 0) is 48.7 Å². The molecule has 0 aliphatic rings. The third-order valence-corrected chi connectivity index (χ3v) is 7.06. The largest absolute Gasteiger partial charge is 0.497 e. The van der Waals surface area contributed by atoms with Gasteiger partial charge < -0.3 is 15.0 Å².